The number of hydrogen-bond donors (Lipinski definition) is 3. The zero-order chi connectivity index (χ0) is 21.6. The number of nitrogens with zero attached hydrogens (tertiary/aromatic N) is 2. The van der Waals surface area contributed by atoms with Gasteiger partial charge in [0.2, 0.25) is 0 Å². The molecule has 0 fully saturated rings. The maximum atomic E-state index is 13.0. The topological polar surface area (TPSA) is 107 Å². The number of phenols is 1. The number of nitrogens with one attached hydrogen (secondary N) is 2. The van der Waals surface area contributed by atoms with Crippen molar-refractivity contribution in [2.75, 3.05) is 0 Å². The fourth-order valence-corrected chi connectivity index (χ4v) is 3.18. The van der Waals surface area contributed by atoms with Crippen LogP contribution in [0.25, 0.3) is 22.4 Å². The number of aromatic amines is 1. The highest BCUT2D eigenvalue weighted by atomic mass is 16.3. The molecule has 0 spiro atoms. The number of rotatable bonds is 5. The average molecular weight is 410 g/mol. The fourth-order valence-electron chi connectivity index (χ4n) is 3.18. The Balaban J connectivity index is 1.78. The Labute approximate surface area is 177 Å². The maximum Gasteiger partial charge on any atom is 0.277 e. The molecule has 3 N–H and O–H groups in total. The van der Waals surface area contributed by atoms with Gasteiger partial charge in [-0.2, -0.15) is 10.2 Å². The molecule has 0 radical (unpaired) electrons. The van der Waals surface area contributed by atoms with Gasteiger partial charge < -0.3 is 5.11 Å². The number of amides is 1. The molecule has 0 atom stereocenters. The molecule has 1 heterocycles. The number of carbonyl (C=O) groups excluding carboxylic acids is 1. The van der Waals surface area contributed by atoms with Gasteiger partial charge in [0.25, 0.3) is 11.5 Å². The summed E-state index contributed by atoms with van der Waals surface area (Å²) < 4.78 is 0. The summed E-state index contributed by atoms with van der Waals surface area (Å²) in [5.41, 5.74) is 4.62. The molecule has 0 aliphatic rings. The van der Waals surface area contributed by atoms with E-state index in [0.717, 1.165) is 5.56 Å². The van der Waals surface area contributed by atoms with Crippen molar-refractivity contribution in [2.24, 2.45) is 5.10 Å². The number of aromatic nitrogens is 2. The molecule has 3 aromatic carbocycles. The minimum absolute atomic E-state index is 0.0831. The Morgan fingerprint density at radius 3 is 2.29 bits per heavy atom. The minimum atomic E-state index is -0.670. The van der Waals surface area contributed by atoms with E-state index >= 15 is 0 Å². The maximum absolute atomic E-state index is 13.0. The lowest BCUT2D eigenvalue weighted by atomic mass is 9.95. The Bertz CT molecular complexity index is 1300. The number of H-pyrrole nitrogens is 1. The second-order valence-corrected chi connectivity index (χ2v) is 6.68. The van der Waals surface area contributed by atoms with Crippen LogP contribution in [-0.2, 0) is 0 Å². The first-order chi connectivity index (χ1) is 15.1. The number of phenolic OH excluding ortho intramolecular Hbond substituents is 1. The highest BCUT2D eigenvalue weighted by Crippen LogP contribution is 2.31. The van der Waals surface area contributed by atoms with Gasteiger partial charge in [-0.15, -0.1) is 0 Å². The van der Waals surface area contributed by atoms with Crippen molar-refractivity contribution in [3.05, 3.63) is 106 Å². The second kappa shape index (κ2) is 8.87. The van der Waals surface area contributed by atoms with E-state index in [1.54, 1.807) is 12.1 Å². The van der Waals surface area contributed by atoms with Gasteiger partial charge in [0.1, 0.15) is 11.3 Å². The summed E-state index contributed by atoms with van der Waals surface area (Å²) in [6.07, 6.45) is 1.38. The summed E-state index contributed by atoms with van der Waals surface area (Å²) in [5, 5.41) is 20.1. The second-order valence-electron chi connectivity index (χ2n) is 6.68. The van der Waals surface area contributed by atoms with Crippen LogP contribution in [0.5, 0.6) is 5.75 Å². The van der Waals surface area contributed by atoms with Crippen LogP contribution in [0.1, 0.15) is 15.9 Å². The fraction of sp³-hybridized carbons (Fsp3) is 0. The summed E-state index contributed by atoms with van der Waals surface area (Å²) in [5.74, 6) is -0.587. The molecule has 0 aliphatic carbocycles. The van der Waals surface area contributed by atoms with Crippen LogP contribution >= 0.6 is 0 Å². The van der Waals surface area contributed by atoms with Crippen molar-refractivity contribution in [1.82, 2.24) is 15.6 Å². The summed E-state index contributed by atoms with van der Waals surface area (Å²) in [6.45, 7) is 0. The van der Waals surface area contributed by atoms with E-state index in [1.807, 2.05) is 60.7 Å². The van der Waals surface area contributed by atoms with E-state index in [0.29, 0.717) is 22.4 Å². The van der Waals surface area contributed by atoms with Crippen LogP contribution in [0.3, 0.4) is 0 Å². The average Bonchev–Trinajstić information content (AvgIpc) is 2.80. The summed E-state index contributed by atoms with van der Waals surface area (Å²) in [6, 6.07) is 24.8. The van der Waals surface area contributed by atoms with Gasteiger partial charge in [-0.25, -0.2) is 10.5 Å². The quantitative estimate of drug-likeness (QED) is 0.345. The zero-order valence-electron chi connectivity index (χ0n) is 16.3. The molecule has 0 saturated carbocycles. The van der Waals surface area contributed by atoms with Gasteiger partial charge in [-0.05, 0) is 23.3 Å². The van der Waals surface area contributed by atoms with Crippen LogP contribution in [0.4, 0.5) is 0 Å². The molecule has 0 saturated heterocycles. The Morgan fingerprint density at radius 2 is 1.61 bits per heavy atom. The molecular formula is C24H18N4O3. The van der Waals surface area contributed by atoms with Crippen molar-refractivity contribution < 1.29 is 9.90 Å². The van der Waals surface area contributed by atoms with Crippen molar-refractivity contribution in [3.8, 4) is 28.1 Å². The zero-order valence-corrected chi connectivity index (χ0v) is 16.3. The SMILES string of the molecule is O=C(N/N=C\c1cccc(O)c1)c1c(-c2ccccc2)c(-c2ccccc2)n[nH]c1=O. The van der Waals surface area contributed by atoms with Crippen LogP contribution in [0, 0.1) is 0 Å². The molecule has 1 amide bonds. The van der Waals surface area contributed by atoms with E-state index in [4.69, 9.17) is 0 Å². The first-order valence-electron chi connectivity index (χ1n) is 9.49. The van der Waals surface area contributed by atoms with Crippen molar-refractivity contribution in [3.63, 3.8) is 0 Å². The summed E-state index contributed by atoms with van der Waals surface area (Å²) >= 11 is 0. The lowest BCUT2D eigenvalue weighted by molar-refractivity contribution is 0.0954. The molecule has 31 heavy (non-hydrogen) atoms. The first kappa shape index (κ1) is 19.8. The molecule has 0 unspecified atom stereocenters. The lowest BCUT2D eigenvalue weighted by Crippen LogP contribution is -2.28. The van der Waals surface area contributed by atoms with Gasteiger partial charge in [0, 0.05) is 11.1 Å². The first-order valence-corrected chi connectivity index (χ1v) is 9.49. The smallest absolute Gasteiger partial charge is 0.277 e. The highest BCUT2D eigenvalue weighted by Gasteiger charge is 2.22. The third-order valence-electron chi connectivity index (χ3n) is 4.57. The molecule has 7 heteroatoms. The third kappa shape index (κ3) is 4.40. The van der Waals surface area contributed by atoms with E-state index in [1.165, 1.54) is 18.3 Å². The van der Waals surface area contributed by atoms with Crippen molar-refractivity contribution in [2.45, 2.75) is 0 Å². The van der Waals surface area contributed by atoms with Gasteiger partial charge >= 0.3 is 0 Å². The van der Waals surface area contributed by atoms with Crippen LogP contribution in [0.2, 0.25) is 0 Å². The Kier molecular flexibility index (Phi) is 5.66. The standard InChI is InChI=1S/C24H18N4O3/c29-19-13-7-8-16(14-19)15-25-27-23(30)21-20(17-9-3-1-4-10-17)22(26-28-24(21)31)18-11-5-2-6-12-18/h1-15,29H,(H,27,30)(H,28,31)/b25-15-. The molecule has 0 aliphatic heterocycles. The summed E-state index contributed by atoms with van der Waals surface area (Å²) in [7, 11) is 0. The monoisotopic (exact) mass is 410 g/mol. The number of hydrogen-bond acceptors (Lipinski definition) is 5. The molecule has 152 valence electrons. The lowest BCUT2D eigenvalue weighted by Gasteiger charge is -2.12. The van der Waals surface area contributed by atoms with Crippen molar-refractivity contribution in [1.29, 1.82) is 0 Å². The predicted molar refractivity (Wildman–Crippen MR) is 119 cm³/mol. The van der Waals surface area contributed by atoms with E-state index in [9.17, 15) is 14.7 Å². The molecule has 7 nitrogen and oxygen atoms in total. The molecular weight excluding hydrogens is 392 g/mol. The normalized spacial score (nSPS) is 10.8. The van der Waals surface area contributed by atoms with Crippen molar-refractivity contribution >= 4 is 12.1 Å². The van der Waals surface area contributed by atoms with Crippen LogP contribution in [0.15, 0.2) is 94.8 Å². The Hall–Kier alpha value is -4.52. The van der Waals surface area contributed by atoms with Crippen LogP contribution < -0.4 is 11.0 Å². The highest BCUT2D eigenvalue weighted by molar-refractivity contribution is 6.03. The van der Waals surface area contributed by atoms with E-state index < -0.39 is 11.5 Å². The van der Waals surface area contributed by atoms with E-state index in [2.05, 4.69) is 20.7 Å². The Morgan fingerprint density at radius 1 is 0.935 bits per heavy atom. The molecule has 4 rings (SSSR count). The molecule has 4 aromatic rings. The van der Waals surface area contributed by atoms with Gasteiger partial charge in [0.05, 0.1) is 11.9 Å². The van der Waals surface area contributed by atoms with Gasteiger partial charge in [0.15, 0.2) is 0 Å². The van der Waals surface area contributed by atoms with Crippen LogP contribution in [-0.4, -0.2) is 27.4 Å². The number of hydrazone groups is 1. The predicted octanol–water partition coefficient (Wildman–Crippen LogP) is 3.57. The van der Waals surface area contributed by atoms with E-state index in [-0.39, 0.29) is 11.3 Å². The number of benzene rings is 3. The van der Waals surface area contributed by atoms with Gasteiger partial charge in [-0.1, -0.05) is 72.8 Å². The third-order valence-corrected chi connectivity index (χ3v) is 4.57. The number of carbonyl (C=O) groups is 1. The minimum Gasteiger partial charge on any atom is -0.508 e. The molecule has 1 aromatic heterocycles. The molecule has 0 bridgehead atoms. The van der Waals surface area contributed by atoms with Gasteiger partial charge in [-0.3, -0.25) is 9.59 Å². The largest absolute Gasteiger partial charge is 0.508 e. The number of aromatic hydroxyl groups is 1. The summed E-state index contributed by atoms with van der Waals surface area (Å²) in [4.78, 5) is 25.6.